The van der Waals surface area contributed by atoms with E-state index in [1.165, 1.54) is 39.5 Å². The second kappa shape index (κ2) is 26.2. The number of ether oxygens (including phenoxy) is 11. The highest BCUT2D eigenvalue weighted by atomic mass is 32.1. The van der Waals surface area contributed by atoms with E-state index in [-0.39, 0.29) is 5.88 Å². The Morgan fingerprint density at radius 1 is 0.552 bits per heavy atom. The highest BCUT2D eigenvalue weighted by molar-refractivity contribution is 6.99. The minimum atomic E-state index is -1.63. The Hall–Kier alpha value is -6.18. The van der Waals surface area contributed by atoms with Gasteiger partial charge in [0.25, 0.3) is 11.8 Å². The fourth-order valence-electron chi connectivity index (χ4n) is 5.41. The smallest absolute Gasteiger partial charge is 0.347 e. The largest absolute Gasteiger partial charge is 0.470 e. The van der Waals surface area contributed by atoms with Crippen molar-refractivity contribution in [1.82, 2.24) is 13.6 Å². The van der Waals surface area contributed by atoms with Gasteiger partial charge in [-0.25, -0.2) is 33.6 Å². The number of aromatic nitrogens is 2. The van der Waals surface area contributed by atoms with Crippen LogP contribution in [0.15, 0.2) is 0 Å². The number of anilines is 1. The molecule has 67 heavy (non-hydrogen) atoms. The van der Waals surface area contributed by atoms with Crippen molar-refractivity contribution >= 4 is 77.2 Å². The van der Waals surface area contributed by atoms with E-state index >= 15 is 0 Å². The first-order valence-corrected chi connectivity index (χ1v) is 21.7. The first kappa shape index (κ1) is 56.9. The third-order valence-corrected chi connectivity index (χ3v) is 9.52. The van der Waals surface area contributed by atoms with E-state index in [2.05, 4.69) is 8.75 Å². The summed E-state index contributed by atoms with van der Waals surface area (Å²) in [7, 11) is 0. The highest BCUT2D eigenvalue weighted by Crippen LogP contribution is 2.27. The van der Waals surface area contributed by atoms with Crippen LogP contribution < -0.4 is 9.64 Å². The normalized spacial score (nSPS) is 16.6. The van der Waals surface area contributed by atoms with Gasteiger partial charge in [0.05, 0.1) is 31.5 Å². The minimum absolute atomic E-state index is 0.0891. The van der Waals surface area contributed by atoms with E-state index in [1.54, 1.807) is 20.8 Å². The molecule has 1 amide bonds. The van der Waals surface area contributed by atoms with Crippen LogP contribution in [0.3, 0.4) is 0 Å². The summed E-state index contributed by atoms with van der Waals surface area (Å²) in [6.45, 7) is 17.6. The average Bonchev–Trinajstić information content (AvgIpc) is 3.72. The SMILES string of the molecule is CC(=O)OC(C)C(=O)OC(C)C(=O)OC(C)C(=O)OC(C)C(=O)O[C@H](COc1nsnc1N1CCOCC1)CN(C(=O)C(C)OC(=O)C(C)OC(=O)C(C)OC(=O)C(C)OC(C)=O)C(C)(C)C. The van der Waals surface area contributed by atoms with E-state index < -0.39 is 133 Å². The van der Waals surface area contributed by atoms with Crippen LogP contribution in [0, 0.1) is 0 Å². The molecule has 0 saturated carbocycles. The molecule has 25 nitrogen and oxygen atoms in total. The van der Waals surface area contributed by atoms with Crippen LogP contribution in [0.2, 0.25) is 0 Å². The number of rotatable bonds is 23. The Bertz CT molecular complexity index is 1930. The molecule has 0 N–H and O–H groups in total. The van der Waals surface area contributed by atoms with E-state index in [9.17, 15) is 47.9 Å². The molecule has 376 valence electrons. The van der Waals surface area contributed by atoms with Crippen LogP contribution in [0.5, 0.6) is 5.88 Å². The van der Waals surface area contributed by atoms with Crippen molar-refractivity contribution in [1.29, 1.82) is 0 Å². The van der Waals surface area contributed by atoms with Gasteiger partial charge in [-0.3, -0.25) is 14.4 Å². The van der Waals surface area contributed by atoms with Crippen molar-refractivity contribution in [2.24, 2.45) is 0 Å². The van der Waals surface area contributed by atoms with Crippen molar-refractivity contribution in [3.63, 3.8) is 0 Å². The van der Waals surface area contributed by atoms with Crippen LogP contribution in [-0.4, -0.2) is 173 Å². The molecule has 1 aromatic heterocycles. The molecule has 26 heteroatoms. The summed E-state index contributed by atoms with van der Waals surface area (Å²) < 4.78 is 65.8. The van der Waals surface area contributed by atoms with Crippen molar-refractivity contribution in [3.8, 4) is 5.88 Å². The molecule has 9 atom stereocenters. The van der Waals surface area contributed by atoms with Gasteiger partial charge in [0, 0.05) is 32.5 Å². The third kappa shape index (κ3) is 18.9. The predicted molar refractivity (Wildman–Crippen MR) is 226 cm³/mol. The molecule has 1 aliphatic heterocycles. The molecule has 1 aromatic rings. The van der Waals surface area contributed by atoms with Crippen molar-refractivity contribution in [2.45, 2.75) is 150 Å². The van der Waals surface area contributed by atoms with Gasteiger partial charge in [0.2, 0.25) is 5.82 Å². The molecule has 8 unspecified atom stereocenters. The van der Waals surface area contributed by atoms with Crippen molar-refractivity contribution < 1.29 is 100 Å². The van der Waals surface area contributed by atoms with Gasteiger partial charge < -0.3 is 61.9 Å². The molecule has 0 bridgehead atoms. The van der Waals surface area contributed by atoms with E-state index in [0.717, 1.165) is 46.3 Å². The Kier molecular flexibility index (Phi) is 22.3. The summed E-state index contributed by atoms with van der Waals surface area (Å²) in [6.07, 6.45) is -13.4. The zero-order valence-electron chi connectivity index (χ0n) is 39.7. The Morgan fingerprint density at radius 2 is 0.896 bits per heavy atom. The van der Waals surface area contributed by atoms with Gasteiger partial charge in [-0.1, -0.05) is 0 Å². The second-order valence-corrected chi connectivity index (χ2v) is 16.5. The van der Waals surface area contributed by atoms with Crippen molar-refractivity contribution in [3.05, 3.63) is 0 Å². The Morgan fingerprint density at radius 3 is 1.25 bits per heavy atom. The van der Waals surface area contributed by atoms with Gasteiger partial charge in [0.15, 0.2) is 54.9 Å². The zero-order chi connectivity index (χ0) is 50.9. The summed E-state index contributed by atoms with van der Waals surface area (Å²) in [4.78, 5) is 128. The molecular formula is C41H60N4O21S. The molecule has 2 rings (SSSR count). The number of nitrogens with zero attached hydrogens (tertiary/aromatic N) is 4. The van der Waals surface area contributed by atoms with Crippen LogP contribution in [0.4, 0.5) is 5.82 Å². The second-order valence-electron chi connectivity index (χ2n) is 16.0. The zero-order valence-corrected chi connectivity index (χ0v) is 40.5. The van der Waals surface area contributed by atoms with Gasteiger partial charge in [-0.15, -0.1) is 4.37 Å². The lowest BCUT2D eigenvalue weighted by Gasteiger charge is -2.39. The molecule has 0 aromatic carbocycles. The lowest BCUT2D eigenvalue weighted by atomic mass is 10.0. The molecule has 0 spiro atoms. The fourth-order valence-corrected chi connectivity index (χ4v) is 5.93. The predicted octanol–water partition coefficient (Wildman–Crippen LogP) is 0.786. The summed E-state index contributed by atoms with van der Waals surface area (Å²) in [5.41, 5.74) is -1.05. The number of esters is 9. The molecule has 0 radical (unpaired) electrons. The van der Waals surface area contributed by atoms with E-state index in [4.69, 9.17) is 52.1 Å². The summed E-state index contributed by atoms with van der Waals surface area (Å²) in [5, 5.41) is 0. The number of hydrogen-bond donors (Lipinski definition) is 0. The lowest BCUT2D eigenvalue weighted by molar-refractivity contribution is -0.186. The van der Waals surface area contributed by atoms with Gasteiger partial charge >= 0.3 is 53.7 Å². The van der Waals surface area contributed by atoms with Gasteiger partial charge in [-0.05, 0) is 76.2 Å². The van der Waals surface area contributed by atoms with E-state index in [1.807, 2.05) is 4.90 Å². The fraction of sp³-hybridized carbons (Fsp3) is 0.707. The maximum absolute atomic E-state index is 14.0. The molecule has 1 aliphatic rings. The van der Waals surface area contributed by atoms with Crippen LogP contribution in [0.1, 0.15) is 90.0 Å². The monoisotopic (exact) mass is 976 g/mol. The molecule has 1 saturated heterocycles. The average molecular weight is 977 g/mol. The number of amides is 1. The summed E-state index contributed by atoms with van der Waals surface area (Å²) >= 11 is 0.863. The number of morpholine rings is 1. The summed E-state index contributed by atoms with van der Waals surface area (Å²) in [5.74, 6) is -9.66. The lowest BCUT2D eigenvalue weighted by Crippen LogP contribution is -2.54. The van der Waals surface area contributed by atoms with Crippen LogP contribution in [0.25, 0.3) is 0 Å². The molecule has 2 heterocycles. The maximum Gasteiger partial charge on any atom is 0.347 e. The minimum Gasteiger partial charge on any atom is -0.470 e. The number of hydrogen-bond acceptors (Lipinski definition) is 25. The topological polar surface area (TPSA) is 304 Å². The maximum atomic E-state index is 14.0. The van der Waals surface area contributed by atoms with Crippen molar-refractivity contribution in [2.75, 3.05) is 44.4 Å². The number of carbonyl (C=O) groups excluding carboxylic acids is 10. The standard InChI is InChI=1S/C41H60N4O21S/c1-20(60-36(51)23(4)63-37(52)24(5)61-34(49)21(2)58-28(9)46)33(48)45(41(11,12)13)18-30(19-57-32-31(42-67-43-32)44-14-16-56-17-15-44)66-40(55)27(8)65-39(54)26(7)64-38(53)25(6)62-35(50)22(3)59-29(10)47/h20-27,30H,14-19H2,1-13H3/t20?,21?,22?,23?,24?,25?,26?,27?,30-/m0/s1. The van der Waals surface area contributed by atoms with E-state index in [0.29, 0.717) is 32.1 Å². The number of carbonyl (C=O) groups is 10. The van der Waals surface area contributed by atoms with Crippen LogP contribution in [-0.2, 0) is 95.3 Å². The Labute approximate surface area is 390 Å². The van der Waals surface area contributed by atoms with Crippen LogP contribution >= 0.6 is 11.7 Å². The Balaban J connectivity index is 2.22. The third-order valence-electron chi connectivity index (χ3n) is 9.02. The highest BCUT2D eigenvalue weighted by Gasteiger charge is 2.38. The van der Waals surface area contributed by atoms with Gasteiger partial charge in [0.1, 0.15) is 6.61 Å². The van der Waals surface area contributed by atoms with Gasteiger partial charge in [-0.2, -0.15) is 4.37 Å². The molecule has 1 fully saturated rings. The first-order chi connectivity index (χ1) is 31.1. The first-order valence-electron chi connectivity index (χ1n) is 21.0. The molecule has 0 aliphatic carbocycles. The summed E-state index contributed by atoms with van der Waals surface area (Å²) in [6, 6.07) is 0. The molecular weight excluding hydrogens is 917 g/mol. The quantitative estimate of drug-likeness (QED) is 0.108.